The molecule has 0 aromatic heterocycles. The fraction of sp³-hybridized carbons (Fsp3) is 0.875. The highest BCUT2D eigenvalue weighted by Gasteiger charge is 2.41. The van der Waals surface area contributed by atoms with Gasteiger partial charge in [-0.05, 0) is 34.6 Å². The molecule has 0 atom stereocenters. The molecule has 0 amide bonds. The van der Waals surface area contributed by atoms with Crippen molar-refractivity contribution in [1.82, 2.24) is 5.32 Å². The molecule has 0 aliphatic carbocycles. The summed E-state index contributed by atoms with van der Waals surface area (Å²) in [5, 5.41) is 3.33. The van der Waals surface area contributed by atoms with Gasteiger partial charge in [-0.2, -0.15) is 0 Å². The molecule has 10 heavy (non-hydrogen) atoms. The monoisotopic (exact) mass is 140 g/mol. The fourth-order valence-corrected chi connectivity index (χ4v) is 1.19. The van der Waals surface area contributed by atoms with Crippen molar-refractivity contribution >= 4 is 5.84 Å². The van der Waals surface area contributed by atoms with Gasteiger partial charge in [-0.25, -0.2) is 0 Å². The summed E-state index contributed by atoms with van der Waals surface area (Å²) in [5.74, 6) is 1.05. The molecule has 2 nitrogen and oxygen atoms in total. The summed E-state index contributed by atoms with van der Waals surface area (Å²) in [6, 6.07) is 0. The minimum atomic E-state index is 0.0388. The van der Waals surface area contributed by atoms with E-state index in [1.54, 1.807) is 0 Å². The highest BCUT2D eigenvalue weighted by molar-refractivity contribution is 5.83. The second-order valence-corrected chi connectivity index (χ2v) is 4.01. The minimum absolute atomic E-state index is 0.0388. The van der Waals surface area contributed by atoms with E-state index >= 15 is 0 Å². The van der Waals surface area contributed by atoms with Crippen LogP contribution in [0.3, 0.4) is 0 Å². The van der Waals surface area contributed by atoms with E-state index in [0.29, 0.717) is 0 Å². The molecular weight excluding hydrogens is 124 g/mol. The van der Waals surface area contributed by atoms with Gasteiger partial charge in [0.1, 0.15) is 0 Å². The topological polar surface area (TPSA) is 24.4 Å². The number of nitrogens with one attached hydrogen (secondary N) is 1. The predicted molar refractivity (Wildman–Crippen MR) is 44.4 cm³/mol. The smallest absolute Gasteiger partial charge is 0.0944 e. The molecule has 0 saturated heterocycles. The zero-order chi connectivity index (χ0) is 7.99. The van der Waals surface area contributed by atoms with Gasteiger partial charge in [0, 0.05) is 0 Å². The molecule has 0 spiro atoms. The highest BCUT2D eigenvalue weighted by atomic mass is 15.2. The molecule has 1 N–H and O–H groups in total. The predicted octanol–water partition coefficient (Wildman–Crippen LogP) is 1.57. The van der Waals surface area contributed by atoms with Gasteiger partial charge in [-0.3, -0.25) is 4.99 Å². The van der Waals surface area contributed by atoms with Gasteiger partial charge in [0.25, 0.3) is 0 Å². The molecule has 1 aliphatic rings. The first-order valence-corrected chi connectivity index (χ1v) is 3.70. The molecule has 1 aliphatic heterocycles. The molecule has 1 rings (SSSR count). The van der Waals surface area contributed by atoms with Crippen LogP contribution in [0.5, 0.6) is 0 Å². The average Bonchev–Trinajstić information content (AvgIpc) is 1.73. The quantitative estimate of drug-likeness (QED) is 0.542. The second kappa shape index (κ2) is 1.74. The van der Waals surface area contributed by atoms with E-state index in [9.17, 15) is 0 Å². The van der Waals surface area contributed by atoms with Crippen molar-refractivity contribution in [3.63, 3.8) is 0 Å². The zero-order valence-corrected chi connectivity index (χ0v) is 7.45. The van der Waals surface area contributed by atoms with Crippen LogP contribution >= 0.6 is 0 Å². The van der Waals surface area contributed by atoms with Crippen molar-refractivity contribution in [1.29, 1.82) is 0 Å². The number of aliphatic imine (C=N–C) groups is 1. The molecule has 2 heteroatoms. The normalized spacial score (nSPS) is 27.5. The van der Waals surface area contributed by atoms with Crippen molar-refractivity contribution in [2.24, 2.45) is 4.99 Å². The number of nitrogens with zero attached hydrogens (tertiary/aromatic N) is 1. The van der Waals surface area contributed by atoms with E-state index in [1.807, 2.05) is 6.92 Å². The summed E-state index contributed by atoms with van der Waals surface area (Å²) < 4.78 is 0. The van der Waals surface area contributed by atoms with Crippen molar-refractivity contribution in [2.45, 2.75) is 45.7 Å². The van der Waals surface area contributed by atoms with Gasteiger partial charge in [-0.1, -0.05) is 0 Å². The summed E-state index contributed by atoms with van der Waals surface area (Å²) in [6.45, 7) is 10.7. The van der Waals surface area contributed by atoms with E-state index in [4.69, 9.17) is 0 Å². The third-order valence-corrected chi connectivity index (χ3v) is 2.47. The van der Waals surface area contributed by atoms with Crippen molar-refractivity contribution in [2.75, 3.05) is 0 Å². The van der Waals surface area contributed by atoms with E-state index in [-0.39, 0.29) is 11.1 Å². The molecule has 0 aromatic carbocycles. The third kappa shape index (κ3) is 0.917. The van der Waals surface area contributed by atoms with Crippen LogP contribution in [0.15, 0.2) is 4.99 Å². The Labute approximate surface area is 62.7 Å². The van der Waals surface area contributed by atoms with Gasteiger partial charge in [-0.15, -0.1) is 0 Å². The molecule has 0 aromatic rings. The summed E-state index contributed by atoms with van der Waals surface area (Å²) in [7, 11) is 0. The number of rotatable bonds is 0. The Balaban J connectivity index is 2.92. The zero-order valence-electron chi connectivity index (χ0n) is 7.45. The number of hydrogen-bond acceptors (Lipinski definition) is 2. The van der Waals surface area contributed by atoms with Gasteiger partial charge >= 0.3 is 0 Å². The van der Waals surface area contributed by atoms with E-state index in [2.05, 4.69) is 38.0 Å². The first kappa shape index (κ1) is 7.58. The van der Waals surface area contributed by atoms with Crippen LogP contribution in [0.2, 0.25) is 0 Å². The van der Waals surface area contributed by atoms with E-state index in [0.717, 1.165) is 5.84 Å². The Hall–Kier alpha value is -0.530. The van der Waals surface area contributed by atoms with Gasteiger partial charge in [0.15, 0.2) is 0 Å². The first-order chi connectivity index (χ1) is 4.35. The summed E-state index contributed by atoms with van der Waals surface area (Å²) in [6.07, 6.45) is 0. The standard InChI is InChI=1S/C8H16N2/c1-6-9-7(2,3)8(4,5)10-6/h1-5H3,(H,9,10). The van der Waals surface area contributed by atoms with Crippen LogP contribution in [0.4, 0.5) is 0 Å². The van der Waals surface area contributed by atoms with Crippen molar-refractivity contribution in [3.05, 3.63) is 0 Å². The Morgan fingerprint density at radius 1 is 1.20 bits per heavy atom. The lowest BCUT2D eigenvalue weighted by atomic mass is 9.85. The van der Waals surface area contributed by atoms with Gasteiger partial charge < -0.3 is 5.32 Å². The minimum Gasteiger partial charge on any atom is -0.367 e. The Morgan fingerprint density at radius 3 is 1.80 bits per heavy atom. The Kier molecular flexibility index (Phi) is 1.32. The fourth-order valence-electron chi connectivity index (χ4n) is 1.19. The lowest BCUT2D eigenvalue weighted by Gasteiger charge is -2.32. The van der Waals surface area contributed by atoms with Crippen LogP contribution in [-0.4, -0.2) is 16.9 Å². The molecule has 58 valence electrons. The van der Waals surface area contributed by atoms with Crippen LogP contribution in [-0.2, 0) is 0 Å². The molecule has 0 bridgehead atoms. The van der Waals surface area contributed by atoms with Gasteiger partial charge in [0.2, 0.25) is 0 Å². The summed E-state index contributed by atoms with van der Waals surface area (Å²) in [4.78, 5) is 4.48. The SMILES string of the molecule is CC1=NC(C)(C)C(C)(C)N1. The van der Waals surface area contributed by atoms with E-state index < -0.39 is 0 Å². The van der Waals surface area contributed by atoms with E-state index in [1.165, 1.54) is 0 Å². The number of hydrogen-bond donors (Lipinski definition) is 1. The Morgan fingerprint density at radius 2 is 1.70 bits per heavy atom. The van der Waals surface area contributed by atoms with Crippen LogP contribution < -0.4 is 5.32 Å². The summed E-state index contributed by atoms with van der Waals surface area (Å²) >= 11 is 0. The molecule has 1 heterocycles. The lowest BCUT2D eigenvalue weighted by Crippen LogP contribution is -2.49. The van der Waals surface area contributed by atoms with Gasteiger partial charge in [0.05, 0.1) is 16.9 Å². The molecule has 0 radical (unpaired) electrons. The van der Waals surface area contributed by atoms with Crippen LogP contribution in [0, 0.1) is 0 Å². The maximum absolute atomic E-state index is 4.48. The average molecular weight is 140 g/mol. The first-order valence-electron chi connectivity index (χ1n) is 3.70. The van der Waals surface area contributed by atoms with Crippen LogP contribution in [0.25, 0.3) is 0 Å². The number of amidine groups is 1. The third-order valence-electron chi connectivity index (χ3n) is 2.47. The lowest BCUT2D eigenvalue weighted by molar-refractivity contribution is 0.309. The summed E-state index contributed by atoms with van der Waals surface area (Å²) in [5.41, 5.74) is 0.147. The largest absolute Gasteiger partial charge is 0.367 e. The van der Waals surface area contributed by atoms with Crippen molar-refractivity contribution < 1.29 is 0 Å². The molecule has 0 saturated carbocycles. The highest BCUT2D eigenvalue weighted by Crippen LogP contribution is 2.29. The van der Waals surface area contributed by atoms with Crippen molar-refractivity contribution in [3.8, 4) is 0 Å². The molecule has 0 unspecified atom stereocenters. The molecule has 0 fully saturated rings. The van der Waals surface area contributed by atoms with Crippen LogP contribution in [0.1, 0.15) is 34.6 Å². The Bertz CT molecular complexity index is 178. The molecular formula is C8H16N2. The maximum atomic E-state index is 4.48. The second-order valence-electron chi connectivity index (χ2n) is 4.01. The maximum Gasteiger partial charge on any atom is 0.0944 e.